The Kier molecular flexibility index (Phi) is 8.54. The van der Waals surface area contributed by atoms with Crippen LogP contribution in [0.5, 0.6) is 0 Å². The zero-order chi connectivity index (χ0) is 17.9. The number of carbonyl (C=O) groups excluding carboxylic acids is 2. The number of hydrogen-bond acceptors (Lipinski definition) is 3. The van der Waals surface area contributed by atoms with E-state index in [1.165, 1.54) is 0 Å². The molecule has 0 radical (unpaired) electrons. The predicted octanol–water partition coefficient (Wildman–Crippen LogP) is 2.40. The standard InChI is InChI=1S/C18H26N2O4/c1-13(2)19-16(21)9-6-10-17(22)20-15(11-12-18(23)24)14-7-4-3-5-8-14/h3-5,7-8,13,15H,6,9-12H2,1-2H3,(H,19,21)(H,20,22)(H,23,24). The molecule has 0 aliphatic rings. The number of amides is 2. The highest BCUT2D eigenvalue weighted by molar-refractivity contribution is 5.79. The van der Waals surface area contributed by atoms with Crippen LogP contribution in [0.25, 0.3) is 0 Å². The molecular formula is C18H26N2O4. The van der Waals surface area contributed by atoms with Gasteiger partial charge < -0.3 is 15.7 Å². The van der Waals surface area contributed by atoms with E-state index in [1.807, 2.05) is 44.2 Å². The first-order valence-corrected chi connectivity index (χ1v) is 8.24. The fourth-order valence-corrected chi connectivity index (χ4v) is 2.35. The number of carboxylic acids is 1. The molecule has 132 valence electrons. The van der Waals surface area contributed by atoms with Crippen LogP contribution in [-0.4, -0.2) is 28.9 Å². The summed E-state index contributed by atoms with van der Waals surface area (Å²) in [5, 5.41) is 14.5. The lowest BCUT2D eigenvalue weighted by Crippen LogP contribution is -2.31. The lowest BCUT2D eigenvalue weighted by Gasteiger charge is -2.18. The van der Waals surface area contributed by atoms with Crippen molar-refractivity contribution in [1.29, 1.82) is 0 Å². The van der Waals surface area contributed by atoms with Crippen molar-refractivity contribution in [2.45, 2.75) is 58.0 Å². The second-order valence-electron chi connectivity index (χ2n) is 6.04. The van der Waals surface area contributed by atoms with Gasteiger partial charge in [0.2, 0.25) is 11.8 Å². The van der Waals surface area contributed by atoms with Crippen molar-refractivity contribution in [3.63, 3.8) is 0 Å². The number of carboxylic acid groups (broad SMARTS) is 1. The van der Waals surface area contributed by atoms with Crippen LogP contribution in [0.2, 0.25) is 0 Å². The van der Waals surface area contributed by atoms with Crippen LogP contribution in [0.15, 0.2) is 30.3 Å². The Morgan fingerprint density at radius 1 is 0.958 bits per heavy atom. The van der Waals surface area contributed by atoms with Gasteiger partial charge in [-0.3, -0.25) is 14.4 Å². The SMILES string of the molecule is CC(C)NC(=O)CCCC(=O)NC(CCC(=O)O)c1ccccc1. The van der Waals surface area contributed by atoms with Crippen molar-refractivity contribution in [3.05, 3.63) is 35.9 Å². The van der Waals surface area contributed by atoms with E-state index < -0.39 is 5.97 Å². The Morgan fingerprint density at radius 2 is 1.54 bits per heavy atom. The molecule has 1 rings (SSSR count). The van der Waals surface area contributed by atoms with Gasteiger partial charge in [-0.2, -0.15) is 0 Å². The lowest BCUT2D eigenvalue weighted by molar-refractivity contribution is -0.137. The maximum absolute atomic E-state index is 12.1. The summed E-state index contributed by atoms with van der Waals surface area (Å²) >= 11 is 0. The molecule has 2 amide bonds. The summed E-state index contributed by atoms with van der Waals surface area (Å²) < 4.78 is 0. The molecule has 1 atom stereocenters. The van der Waals surface area contributed by atoms with Gasteiger partial charge in [0, 0.05) is 25.3 Å². The number of carbonyl (C=O) groups is 3. The Morgan fingerprint density at radius 3 is 2.08 bits per heavy atom. The van der Waals surface area contributed by atoms with Gasteiger partial charge in [-0.25, -0.2) is 0 Å². The summed E-state index contributed by atoms with van der Waals surface area (Å²) in [6.07, 6.45) is 1.32. The van der Waals surface area contributed by atoms with Crippen LogP contribution in [0, 0.1) is 0 Å². The molecule has 0 aromatic heterocycles. The van der Waals surface area contributed by atoms with Gasteiger partial charge in [-0.05, 0) is 32.3 Å². The van der Waals surface area contributed by atoms with E-state index >= 15 is 0 Å². The normalized spacial score (nSPS) is 11.8. The van der Waals surface area contributed by atoms with E-state index in [0.717, 1.165) is 5.56 Å². The molecular weight excluding hydrogens is 308 g/mol. The highest BCUT2D eigenvalue weighted by Crippen LogP contribution is 2.18. The Bertz CT molecular complexity index is 543. The van der Waals surface area contributed by atoms with E-state index in [4.69, 9.17) is 5.11 Å². The molecule has 1 unspecified atom stereocenters. The van der Waals surface area contributed by atoms with Crippen LogP contribution in [0.3, 0.4) is 0 Å². The lowest BCUT2D eigenvalue weighted by atomic mass is 10.0. The fraction of sp³-hybridized carbons (Fsp3) is 0.500. The molecule has 1 aromatic rings. The molecule has 0 aliphatic carbocycles. The van der Waals surface area contributed by atoms with Crippen molar-refractivity contribution in [2.24, 2.45) is 0 Å². The van der Waals surface area contributed by atoms with Crippen LogP contribution in [-0.2, 0) is 14.4 Å². The van der Waals surface area contributed by atoms with E-state index in [1.54, 1.807) is 0 Å². The van der Waals surface area contributed by atoms with Gasteiger partial charge >= 0.3 is 5.97 Å². The second-order valence-corrected chi connectivity index (χ2v) is 6.04. The molecule has 0 fully saturated rings. The highest BCUT2D eigenvalue weighted by Gasteiger charge is 2.16. The quantitative estimate of drug-likeness (QED) is 0.612. The summed E-state index contributed by atoms with van der Waals surface area (Å²) in [6, 6.07) is 9.06. The maximum Gasteiger partial charge on any atom is 0.303 e. The molecule has 3 N–H and O–H groups in total. The first kappa shape index (κ1) is 19.7. The van der Waals surface area contributed by atoms with Crippen molar-refractivity contribution >= 4 is 17.8 Å². The molecule has 0 saturated heterocycles. The molecule has 1 aromatic carbocycles. The van der Waals surface area contributed by atoms with Crippen LogP contribution in [0.4, 0.5) is 0 Å². The monoisotopic (exact) mass is 334 g/mol. The van der Waals surface area contributed by atoms with Crippen LogP contribution < -0.4 is 10.6 Å². The van der Waals surface area contributed by atoms with E-state index in [2.05, 4.69) is 10.6 Å². The molecule has 0 heterocycles. The summed E-state index contributed by atoms with van der Waals surface area (Å²) in [6.45, 7) is 3.77. The number of rotatable bonds is 10. The topological polar surface area (TPSA) is 95.5 Å². The molecule has 6 heteroatoms. The highest BCUT2D eigenvalue weighted by atomic mass is 16.4. The summed E-state index contributed by atoms with van der Waals surface area (Å²) in [5.74, 6) is -1.13. The molecule has 6 nitrogen and oxygen atoms in total. The van der Waals surface area contributed by atoms with Gasteiger partial charge in [-0.15, -0.1) is 0 Å². The largest absolute Gasteiger partial charge is 0.481 e. The molecule has 0 saturated carbocycles. The third-order valence-electron chi connectivity index (χ3n) is 3.44. The number of aliphatic carboxylic acids is 1. The predicted molar refractivity (Wildman–Crippen MR) is 91.3 cm³/mol. The molecule has 0 aliphatic heterocycles. The molecule has 0 bridgehead atoms. The summed E-state index contributed by atoms with van der Waals surface area (Å²) in [5.41, 5.74) is 0.879. The number of nitrogens with one attached hydrogen (secondary N) is 2. The Labute approximate surface area is 142 Å². The minimum Gasteiger partial charge on any atom is -0.481 e. The van der Waals surface area contributed by atoms with Crippen LogP contribution in [0.1, 0.15) is 57.6 Å². The van der Waals surface area contributed by atoms with Crippen LogP contribution >= 0.6 is 0 Å². The van der Waals surface area contributed by atoms with Gasteiger partial charge in [-0.1, -0.05) is 30.3 Å². The van der Waals surface area contributed by atoms with E-state index in [-0.39, 0.29) is 36.7 Å². The van der Waals surface area contributed by atoms with Gasteiger partial charge in [0.15, 0.2) is 0 Å². The zero-order valence-electron chi connectivity index (χ0n) is 14.2. The van der Waals surface area contributed by atoms with Crippen molar-refractivity contribution in [2.75, 3.05) is 0 Å². The molecule has 24 heavy (non-hydrogen) atoms. The van der Waals surface area contributed by atoms with Gasteiger partial charge in [0.05, 0.1) is 6.04 Å². The summed E-state index contributed by atoms with van der Waals surface area (Å²) in [7, 11) is 0. The third kappa shape index (κ3) is 8.31. The second kappa shape index (κ2) is 10.4. The average Bonchev–Trinajstić information content (AvgIpc) is 2.51. The van der Waals surface area contributed by atoms with E-state index in [9.17, 15) is 14.4 Å². The fourth-order valence-electron chi connectivity index (χ4n) is 2.35. The number of benzene rings is 1. The van der Waals surface area contributed by atoms with E-state index in [0.29, 0.717) is 19.3 Å². The third-order valence-corrected chi connectivity index (χ3v) is 3.44. The number of hydrogen-bond donors (Lipinski definition) is 3. The van der Waals surface area contributed by atoms with Crippen molar-refractivity contribution in [3.8, 4) is 0 Å². The van der Waals surface area contributed by atoms with Gasteiger partial charge in [0.25, 0.3) is 0 Å². The average molecular weight is 334 g/mol. The first-order chi connectivity index (χ1) is 11.4. The first-order valence-electron chi connectivity index (χ1n) is 8.24. The minimum atomic E-state index is -0.893. The Hall–Kier alpha value is -2.37. The zero-order valence-corrected chi connectivity index (χ0v) is 14.2. The molecule has 0 spiro atoms. The van der Waals surface area contributed by atoms with Crippen molar-refractivity contribution < 1.29 is 19.5 Å². The minimum absolute atomic E-state index is 0.0172. The smallest absolute Gasteiger partial charge is 0.303 e. The maximum atomic E-state index is 12.1. The Balaban J connectivity index is 2.49. The summed E-state index contributed by atoms with van der Waals surface area (Å²) in [4.78, 5) is 34.4. The van der Waals surface area contributed by atoms with Gasteiger partial charge in [0.1, 0.15) is 0 Å². The van der Waals surface area contributed by atoms with Crippen molar-refractivity contribution in [1.82, 2.24) is 10.6 Å².